The van der Waals surface area contributed by atoms with Crippen LogP contribution in [0.2, 0.25) is 0 Å². The summed E-state index contributed by atoms with van der Waals surface area (Å²) < 4.78 is 5.47. The number of nitrogens with zero attached hydrogens (tertiary/aromatic N) is 1. The molecule has 3 aromatic rings. The molecule has 1 aliphatic heterocycles. The summed E-state index contributed by atoms with van der Waals surface area (Å²) >= 11 is 0. The topological polar surface area (TPSA) is 83.9 Å². The van der Waals surface area contributed by atoms with Crippen LogP contribution in [-0.2, 0) is 11.2 Å². The van der Waals surface area contributed by atoms with Crippen LogP contribution in [0.4, 0.5) is 5.69 Å². The number of amides is 2. The van der Waals surface area contributed by atoms with Crippen LogP contribution < -0.4 is 9.64 Å². The van der Waals surface area contributed by atoms with Gasteiger partial charge in [-0.15, -0.1) is 0 Å². The van der Waals surface area contributed by atoms with Crippen molar-refractivity contribution in [1.29, 1.82) is 0 Å². The van der Waals surface area contributed by atoms with Gasteiger partial charge < -0.3 is 9.84 Å². The average Bonchev–Trinajstić information content (AvgIpc) is 2.91. The van der Waals surface area contributed by atoms with Crippen LogP contribution in [0.1, 0.15) is 26.3 Å². The molecule has 134 valence electrons. The van der Waals surface area contributed by atoms with Crippen molar-refractivity contribution >= 4 is 34.2 Å². The lowest BCUT2D eigenvalue weighted by Gasteiger charge is -2.14. The molecule has 6 heteroatoms. The van der Waals surface area contributed by atoms with Gasteiger partial charge in [-0.05, 0) is 29.1 Å². The number of rotatable bonds is 4. The number of benzene rings is 3. The van der Waals surface area contributed by atoms with Crippen molar-refractivity contribution in [3.8, 4) is 5.75 Å². The van der Waals surface area contributed by atoms with E-state index in [0.29, 0.717) is 22.6 Å². The number of anilines is 1. The maximum atomic E-state index is 13.0. The lowest BCUT2D eigenvalue weighted by Crippen LogP contribution is -2.29. The van der Waals surface area contributed by atoms with Crippen molar-refractivity contribution in [3.63, 3.8) is 0 Å². The zero-order valence-electron chi connectivity index (χ0n) is 14.4. The summed E-state index contributed by atoms with van der Waals surface area (Å²) in [5, 5.41) is 10.4. The Morgan fingerprint density at radius 1 is 1.04 bits per heavy atom. The number of fused-ring (bicyclic) bond motifs is 2. The largest absolute Gasteiger partial charge is 0.495 e. The molecule has 27 heavy (non-hydrogen) atoms. The van der Waals surface area contributed by atoms with Crippen molar-refractivity contribution in [1.82, 2.24) is 0 Å². The van der Waals surface area contributed by atoms with Crippen LogP contribution in [0.5, 0.6) is 5.75 Å². The van der Waals surface area contributed by atoms with Crippen molar-refractivity contribution in [2.75, 3.05) is 12.0 Å². The molecule has 0 spiro atoms. The molecule has 0 aromatic heterocycles. The van der Waals surface area contributed by atoms with Gasteiger partial charge in [-0.1, -0.05) is 36.4 Å². The standard InChI is InChI=1S/C21H15NO5/c1-27-19-15-5-3-2-4-13(15)11-16-18(19)21(26)22(20(16)25)14-8-6-12(7-9-14)10-17(23)24/h2-9,11H,10H2,1H3,(H,23,24). The van der Waals surface area contributed by atoms with Gasteiger partial charge in [0.25, 0.3) is 11.8 Å². The molecular weight excluding hydrogens is 346 g/mol. The Labute approximate surface area is 154 Å². The third-order valence-corrected chi connectivity index (χ3v) is 4.61. The van der Waals surface area contributed by atoms with E-state index in [1.54, 1.807) is 30.3 Å². The Kier molecular flexibility index (Phi) is 3.88. The smallest absolute Gasteiger partial charge is 0.307 e. The quantitative estimate of drug-likeness (QED) is 0.721. The zero-order valence-corrected chi connectivity index (χ0v) is 14.4. The molecule has 6 nitrogen and oxygen atoms in total. The van der Waals surface area contributed by atoms with Crippen molar-refractivity contribution < 1.29 is 24.2 Å². The fourth-order valence-corrected chi connectivity index (χ4v) is 3.40. The van der Waals surface area contributed by atoms with Crippen LogP contribution in [0.15, 0.2) is 54.6 Å². The molecule has 1 N–H and O–H groups in total. The first-order valence-corrected chi connectivity index (χ1v) is 8.30. The molecule has 2 amide bonds. The summed E-state index contributed by atoms with van der Waals surface area (Å²) in [6.45, 7) is 0. The van der Waals surface area contributed by atoms with Gasteiger partial charge in [0.15, 0.2) is 0 Å². The number of methoxy groups -OCH3 is 1. The molecule has 0 unspecified atom stereocenters. The Bertz CT molecular complexity index is 1100. The van der Waals surface area contributed by atoms with Crippen LogP contribution in [0.25, 0.3) is 10.8 Å². The molecule has 0 saturated carbocycles. The number of carboxylic acid groups (broad SMARTS) is 1. The minimum atomic E-state index is -0.945. The molecule has 3 aromatic carbocycles. The third kappa shape index (κ3) is 2.62. The highest BCUT2D eigenvalue weighted by atomic mass is 16.5. The molecule has 0 bridgehead atoms. The lowest BCUT2D eigenvalue weighted by molar-refractivity contribution is -0.136. The molecule has 0 saturated heterocycles. The fourth-order valence-electron chi connectivity index (χ4n) is 3.40. The van der Waals surface area contributed by atoms with E-state index < -0.39 is 17.8 Å². The lowest BCUT2D eigenvalue weighted by atomic mass is 10.0. The predicted octanol–water partition coefficient (Wildman–Crippen LogP) is 3.28. The number of imide groups is 1. The monoisotopic (exact) mass is 361 g/mol. The highest BCUT2D eigenvalue weighted by Gasteiger charge is 2.40. The molecular formula is C21H15NO5. The summed E-state index contributed by atoms with van der Waals surface area (Å²) in [4.78, 5) is 37.9. The van der Waals surface area contributed by atoms with Gasteiger partial charge >= 0.3 is 5.97 Å². The summed E-state index contributed by atoms with van der Waals surface area (Å²) in [6, 6.07) is 15.5. The van der Waals surface area contributed by atoms with Gasteiger partial charge in [-0.2, -0.15) is 0 Å². The van der Waals surface area contributed by atoms with E-state index in [1.807, 2.05) is 24.3 Å². The molecule has 1 aliphatic rings. The Hall–Kier alpha value is -3.67. The molecule has 0 aliphatic carbocycles. The van der Waals surface area contributed by atoms with E-state index in [2.05, 4.69) is 0 Å². The second kappa shape index (κ2) is 6.25. The minimum Gasteiger partial charge on any atom is -0.495 e. The minimum absolute atomic E-state index is 0.123. The normalized spacial score (nSPS) is 13.1. The first kappa shape index (κ1) is 16.8. The van der Waals surface area contributed by atoms with E-state index >= 15 is 0 Å². The first-order chi connectivity index (χ1) is 13.0. The number of carbonyl (C=O) groups excluding carboxylic acids is 2. The summed E-state index contributed by atoms with van der Waals surface area (Å²) in [6.07, 6.45) is -0.123. The number of carbonyl (C=O) groups is 3. The van der Waals surface area contributed by atoms with E-state index in [4.69, 9.17) is 9.84 Å². The van der Waals surface area contributed by atoms with Crippen molar-refractivity contribution in [2.24, 2.45) is 0 Å². The summed E-state index contributed by atoms with van der Waals surface area (Å²) in [7, 11) is 1.48. The number of aliphatic carboxylic acids is 1. The van der Waals surface area contributed by atoms with Gasteiger partial charge in [-0.25, -0.2) is 4.90 Å². The molecule has 0 radical (unpaired) electrons. The number of ether oxygens (including phenoxy) is 1. The average molecular weight is 361 g/mol. The molecule has 1 heterocycles. The summed E-state index contributed by atoms with van der Waals surface area (Å²) in [5.41, 5.74) is 1.52. The number of hydrogen-bond donors (Lipinski definition) is 1. The van der Waals surface area contributed by atoms with E-state index in [1.165, 1.54) is 7.11 Å². The second-order valence-corrected chi connectivity index (χ2v) is 6.24. The van der Waals surface area contributed by atoms with Crippen LogP contribution in [-0.4, -0.2) is 30.0 Å². The molecule has 0 atom stereocenters. The highest BCUT2D eigenvalue weighted by molar-refractivity contribution is 6.36. The Balaban J connectivity index is 1.81. The first-order valence-electron chi connectivity index (χ1n) is 8.30. The molecule has 0 fully saturated rings. The maximum absolute atomic E-state index is 13.0. The van der Waals surface area contributed by atoms with Gasteiger partial charge in [0, 0.05) is 5.39 Å². The van der Waals surface area contributed by atoms with Crippen LogP contribution in [0.3, 0.4) is 0 Å². The van der Waals surface area contributed by atoms with E-state index in [9.17, 15) is 14.4 Å². The highest BCUT2D eigenvalue weighted by Crippen LogP contribution is 2.39. The molecule has 4 rings (SSSR count). The van der Waals surface area contributed by atoms with Gasteiger partial charge in [-0.3, -0.25) is 14.4 Å². The second-order valence-electron chi connectivity index (χ2n) is 6.24. The summed E-state index contributed by atoms with van der Waals surface area (Å²) in [5.74, 6) is -1.44. The van der Waals surface area contributed by atoms with E-state index in [-0.39, 0.29) is 12.0 Å². The maximum Gasteiger partial charge on any atom is 0.307 e. The van der Waals surface area contributed by atoms with Crippen molar-refractivity contribution in [3.05, 3.63) is 71.3 Å². The van der Waals surface area contributed by atoms with Crippen molar-refractivity contribution in [2.45, 2.75) is 6.42 Å². The van der Waals surface area contributed by atoms with E-state index in [0.717, 1.165) is 15.7 Å². The van der Waals surface area contributed by atoms with Gasteiger partial charge in [0.1, 0.15) is 5.75 Å². The third-order valence-electron chi connectivity index (χ3n) is 4.61. The number of carboxylic acids is 1. The predicted molar refractivity (Wildman–Crippen MR) is 99.4 cm³/mol. The Morgan fingerprint density at radius 2 is 1.74 bits per heavy atom. The Morgan fingerprint density at radius 3 is 2.41 bits per heavy atom. The zero-order chi connectivity index (χ0) is 19.1. The van der Waals surface area contributed by atoms with Crippen LogP contribution in [0, 0.1) is 0 Å². The van der Waals surface area contributed by atoms with Gasteiger partial charge in [0.2, 0.25) is 0 Å². The fraction of sp³-hybridized carbons (Fsp3) is 0.0952. The van der Waals surface area contributed by atoms with Crippen LogP contribution >= 0.6 is 0 Å². The SMILES string of the molecule is COc1c2c(cc3ccccc13)C(=O)N(c1ccc(CC(=O)O)cc1)C2=O. The van der Waals surface area contributed by atoms with Gasteiger partial charge in [0.05, 0.1) is 30.3 Å². The number of hydrogen-bond acceptors (Lipinski definition) is 4.